The maximum atomic E-state index is 14.4. The van der Waals surface area contributed by atoms with Crippen molar-refractivity contribution in [1.82, 2.24) is 10.5 Å². The van der Waals surface area contributed by atoms with Crippen molar-refractivity contribution in [2.24, 2.45) is 5.92 Å². The highest BCUT2D eigenvalue weighted by Crippen LogP contribution is 2.33. The fourth-order valence-corrected chi connectivity index (χ4v) is 3.09. The Hall–Kier alpha value is -2.28. The first kappa shape index (κ1) is 23.4. The van der Waals surface area contributed by atoms with Crippen LogP contribution >= 0.6 is 22.6 Å². The van der Waals surface area contributed by atoms with E-state index in [0.717, 1.165) is 3.57 Å². The number of halogens is 2. The van der Waals surface area contributed by atoms with Gasteiger partial charge in [0, 0.05) is 21.9 Å². The molecule has 0 aliphatic carbocycles. The molecular weight excluding hydrogens is 520 g/mol. The second-order valence-corrected chi connectivity index (χ2v) is 8.78. The third kappa shape index (κ3) is 6.35. The lowest BCUT2D eigenvalue weighted by Gasteiger charge is -2.21. The Morgan fingerprint density at radius 1 is 1.35 bits per heavy atom. The molecule has 31 heavy (non-hydrogen) atoms. The molecule has 8 nitrogen and oxygen atoms in total. The number of ether oxygens (including phenoxy) is 1. The lowest BCUT2D eigenvalue weighted by atomic mass is 10.2. The average Bonchev–Trinajstić information content (AvgIpc) is 3.06. The number of pyridine rings is 1. The number of carbonyl (C=O) groups is 1. The Balaban J connectivity index is 1.74. The highest BCUT2D eigenvalue weighted by Gasteiger charge is 2.23. The van der Waals surface area contributed by atoms with Crippen molar-refractivity contribution in [2.45, 2.75) is 26.6 Å². The van der Waals surface area contributed by atoms with Crippen LogP contribution in [0.25, 0.3) is 11.0 Å². The minimum absolute atomic E-state index is 0.0682. The zero-order valence-corrected chi connectivity index (χ0v) is 19.4. The molecule has 1 amide bonds. The molecule has 2 aromatic heterocycles. The zero-order valence-electron chi connectivity index (χ0n) is 17.2. The number of anilines is 2. The summed E-state index contributed by atoms with van der Waals surface area (Å²) in [5.74, 6) is -2.51. The number of hydrogen-bond donors (Lipinski definition) is 3. The third-order valence-electron chi connectivity index (χ3n) is 4.14. The predicted molar refractivity (Wildman–Crippen MR) is 121 cm³/mol. The number of aliphatic hydroxyl groups is 1. The summed E-state index contributed by atoms with van der Waals surface area (Å²) in [6.07, 6.45) is 3.06. The van der Waals surface area contributed by atoms with Crippen LogP contribution in [-0.2, 0) is 9.57 Å². The highest BCUT2D eigenvalue weighted by molar-refractivity contribution is 14.1. The second-order valence-electron chi connectivity index (χ2n) is 7.53. The molecule has 1 atom stereocenters. The quantitative estimate of drug-likeness (QED) is 0.209. The van der Waals surface area contributed by atoms with Gasteiger partial charge in [-0.1, -0.05) is 6.92 Å². The van der Waals surface area contributed by atoms with E-state index in [4.69, 9.17) is 14.0 Å². The maximum Gasteiger partial charge on any atom is 0.312 e. The van der Waals surface area contributed by atoms with Gasteiger partial charge in [-0.15, -0.1) is 0 Å². The number of hydroxylamine groups is 1. The Kier molecular flexibility index (Phi) is 7.46. The summed E-state index contributed by atoms with van der Waals surface area (Å²) in [5, 5.41) is 13.1. The van der Waals surface area contributed by atoms with Gasteiger partial charge in [-0.05, 0) is 60.7 Å². The molecule has 2 heterocycles. The number of nitrogens with zero attached hydrogens (tertiary/aromatic N) is 1. The van der Waals surface area contributed by atoms with Gasteiger partial charge in [0.15, 0.2) is 5.79 Å². The van der Waals surface area contributed by atoms with E-state index in [1.54, 1.807) is 18.2 Å². The van der Waals surface area contributed by atoms with Crippen molar-refractivity contribution in [3.63, 3.8) is 0 Å². The molecule has 0 unspecified atom stereocenters. The number of fused-ring (bicyclic) bond motifs is 1. The summed E-state index contributed by atoms with van der Waals surface area (Å²) in [6, 6.07) is 6.31. The fraction of sp³-hybridized carbons (Fsp3) is 0.333. The molecule has 166 valence electrons. The van der Waals surface area contributed by atoms with Crippen molar-refractivity contribution >= 4 is 50.8 Å². The third-order valence-corrected chi connectivity index (χ3v) is 4.81. The number of nitrogens with one attached hydrogen (secondary N) is 2. The first-order valence-corrected chi connectivity index (χ1v) is 10.6. The summed E-state index contributed by atoms with van der Waals surface area (Å²) >= 11 is 2.01. The van der Waals surface area contributed by atoms with E-state index in [0.29, 0.717) is 11.0 Å². The number of amides is 1. The van der Waals surface area contributed by atoms with Gasteiger partial charge in [0.25, 0.3) is 0 Å². The number of hydrogen-bond acceptors (Lipinski definition) is 7. The van der Waals surface area contributed by atoms with Crippen molar-refractivity contribution in [3.05, 3.63) is 51.8 Å². The largest absolute Gasteiger partial charge is 0.448 e. The summed E-state index contributed by atoms with van der Waals surface area (Å²) in [6.45, 7) is 5.30. The van der Waals surface area contributed by atoms with Gasteiger partial charge in [0.1, 0.15) is 17.1 Å². The van der Waals surface area contributed by atoms with E-state index >= 15 is 0 Å². The smallest absolute Gasteiger partial charge is 0.312 e. The molecule has 3 aromatic rings. The molecule has 10 heteroatoms. The van der Waals surface area contributed by atoms with Crippen LogP contribution in [-0.4, -0.2) is 35.0 Å². The lowest BCUT2D eigenvalue weighted by molar-refractivity contribution is -0.186. The van der Waals surface area contributed by atoms with Gasteiger partial charge < -0.3 is 19.6 Å². The number of carbonyl (C=O) groups excluding carboxylic acids is 1. The van der Waals surface area contributed by atoms with Gasteiger partial charge in [-0.2, -0.15) is 0 Å². The second kappa shape index (κ2) is 9.90. The molecule has 0 bridgehead atoms. The van der Waals surface area contributed by atoms with Crippen molar-refractivity contribution in [1.29, 1.82) is 0 Å². The first-order valence-electron chi connectivity index (χ1n) is 9.51. The Morgan fingerprint density at radius 3 is 2.84 bits per heavy atom. The van der Waals surface area contributed by atoms with Crippen molar-refractivity contribution in [3.8, 4) is 0 Å². The van der Waals surface area contributed by atoms with Crippen LogP contribution in [0.2, 0.25) is 0 Å². The van der Waals surface area contributed by atoms with E-state index < -0.39 is 17.5 Å². The molecule has 1 aromatic carbocycles. The van der Waals surface area contributed by atoms with Gasteiger partial charge in [0.05, 0.1) is 24.3 Å². The first-order chi connectivity index (χ1) is 14.6. The normalized spacial score (nSPS) is 12.7. The van der Waals surface area contributed by atoms with Crippen molar-refractivity contribution < 1.29 is 28.3 Å². The maximum absolute atomic E-state index is 14.4. The minimum atomic E-state index is -1.24. The molecule has 0 spiro atoms. The average molecular weight is 543 g/mol. The van der Waals surface area contributed by atoms with Gasteiger partial charge >= 0.3 is 5.91 Å². The Labute approximate surface area is 192 Å². The molecule has 0 saturated heterocycles. The van der Waals surface area contributed by atoms with Crippen LogP contribution in [0.5, 0.6) is 0 Å². The minimum Gasteiger partial charge on any atom is -0.448 e. The lowest BCUT2D eigenvalue weighted by Crippen LogP contribution is -2.30. The molecule has 0 aliphatic heterocycles. The number of rotatable bonds is 9. The molecular formula is C21H23FIN3O5. The molecule has 0 saturated carbocycles. The van der Waals surface area contributed by atoms with Crippen LogP contribution in [0.4, 0.5) is 15.8 Å². The topological polar surface area (TPSA) is 106 Å². The standard InChI is InChI=1S/C21H23FIN3O5/c1-12(10-29-21(2,3)28)11-30-26-20(27)19-18(14-9-24-7-6-17(14)31-19)25-16-5-4-13(23)8-15(16)22/h4-9,12,25,28H,10-11H2,1-3H3,(H,26,27)/t12-/m1/s1. The van der Waals surface area contributed by atoms with Gasteiger partial charge in [-0.25, -0.2) is 9.87 Å². The van der Waals surface area contributed by atoms with Crippen LogP contribution in [0.3, 0.4) is 0 Å². The zero-order chi connectivity index (χ0) is 22.6. The molecule has 0 fully saturated rings. The molecule has 0 radical (unpaired) electrons. The summed E-state index contributed by atoms with van der Waals surface area (Å²) in [5.41, 5.74) is 3.22. The van der Waals surface area contributed by atoms with Crippen LogP contribution in [0.15, 0.2) is 41.1 Å². The highest BCUT2D eigenvalue weighted by atomic mass is 127. The molecule has 3 rings (SSSR count). The Bertz CT molecular complexity index is 1070. The number of benzene rings is 1. The SMILES string of the molecule is C[C@@H](CONC(=O)c1oc2ccncc2c1Nc1ccc(I)cc1F)COC(C)(C)O. The monoisotopic (exact) mass is 543 g/mol. The van der Waals surface area contributed by atoms with Crippen LogP contribution in [0, 0.1) is 15.3 Å². The van der Waals surface area contributed by atoms with Gasteiger partial charge in [0.2, 0.25) is 5.76 Å². The Morgan fingerprint density at radius 2 is 2.13 bits per heavy atom. The van der Waals surface area contributed by atoms with E-state index in [-0.39, 0.29) is 36.3 Å². The van der Waals surface area contributed by atoms with E-state index in [9.17, 15) is 14.3 Å². The van der Waals surface area contributed by atoms with E-state index in [1.807, 2.05) is 29.5 Å². The summed E-state index contributed by atoms with van der Waals surface area (Å²) in [4.78, 5) is 22.0. The van der Waals surface area contributed by atoms with Crippen LogP contribution in [0.1, 0.15) is 31.3 Å². The summed E-state index contributed by atoms with van der Waals surface area (Å²) < 4.78 is 26.0. The van der Waals surface area contributed by atoms with Crippen LogP contribution < -0.4 is 10.8 Å². The van der Waals surface area contributed by atoms with E-state index in [1.165, 1.54) is 32.3 Å². The molecule has 3 N–H and O–H groups in total. The predicted octanol–water partition coefficient (Wildman–Crippen LogP) is 4.36. The van der Waals surface area contributed by atoms with Gasteiger partial charge in [-0.3, -0.25) is 14.6 Å². The number of furan rings is 1. The number of aromatic nitrogens is 1. The summed E-state index contributed by atoms with van der Waals surface area (Å²) in [7, 11) is 0. The van der Waals surface area contributed by atoms with Crippen molar-refractivity contribution in [2.75, 3.05) is 18.5 Å². The van der Waals surface area contributed by atoms with E-state index in [2.05, 4.69) is 15.8 Å². The molecule has 0 aliphatic rings. The fourth-order valence-electron chi connectivity index (χ4n) is 2.64.